The van der Waals surface area contributed by atoms with E-state index in [4.69, 9.17) is 4.74 Å². The van der Waals surface area contributed by atoms with Gasteiger partial charge in [-0.05, 0) is 43.9 Å². The number of carbonyl (C=O) groups excluding carboxylic acids is 1. The lowest BCUT2D eigenvalue weighted by molar-refractivity contribution is -0.122. The largest absolute Gasteiger partial charge is 0.494 e. The normalized spacial score (nSPS) is 21.8. The second kappa shape index (κ2) is 8.67. The third kappa shape index (κ3) is 5.76. The Kier molecular flexibility index (Phi) is 6.54. The molecule has 1 aromatic carbocycles. The lowest BCUT2D eigenvalue weighted by Gasteiger charge is -2.29. The molecule has 4 nitrogen and oxygen atoms in total. The first-order valence-electron chi connectivity index (χ1n) is 7.93. The molecule has 2 atom stereocenters. The summed E-state index contributed by atoms with van der Waals surface area (Å²) in [6, 6.07) is 10.1. The molecule has 0 saturated carbocycles. The monoisotopic (exact) mass is 290 g/mol. The van der Waals surface area contributed by atoms with Crippen LogP contribution in [0.1, 0.15) is 32.6 Å². The van der Waals surface area contributed by atoms with Crippen LogP contribution in [-0.2, 0) is 4.79 Å². The molecule has 116 valence electrons. The van der Waals surface area contributed by atoms with Crippen LogP contribution in [-0.4, -0.2) is 31.6 Å². The second-order valence-corrected chi connectivity index (χ2v) is 5.75. The first-order valence-corrected chi connectivity index (χ1v) is 7.93. The number of rotatable bonds is 7. The Morgan fingerprint density at radius 3 is 2.95 bits per heavy atom. The summed E-state index contributed by atoms with van der Waals surface area (Å²) in [4.78, 5) is 11.9. The number of ether oxygens (including phenoxy) is 1. The Labute approximate surface area is 127 Å². The van der Waals surface area contributed by atoms with Crippen LogP contribution >= 0.6 is 0 Å². The predicted octanol–water partition coefficient (Wildman–Crippen LogP) is 2.35. The number of amides is 1. The lowest BCUT2D eigenvalue weighted by atomic mass is 9.90. The molecule has 1 aromatic rings. The van der Waals surface area contributed by atoms with Gasteiger partial charge in [0.05, 0.1) is 6.61 Å². The van der Waals surface area contributed by atoms with Crippen molar-refractivity contribution in [1.82, 2.24) is 10.6 Å². The maximum Gasteiger partial charge on any atom is 0.221 e. The summed E-state index contributed by atoms with van der Waals surface area (Å²) in [5.74, 6) is 1.61. The van der Waals surface area contributed by atoms with Crippen LogP contribution in [0.2, 0.25) is 0 Å². The van der Waals surface area contributed by atoms with Crippen molar-refractivity contribution in [3.8, 4) is 5.75 Å². The summed E-state index contributed by atoms with van der Waals surface area (Å²) < 4.78 is 5.59. The number of benzene rings is 1. The molecule has 0 bridgehead atoms. The van der Waals surface area contributed by atoms with Gasteiger partial charge in [0.2, 0.25) is 5.91 Å². The molecule has 21 heavy (non-hydrogen) atoms. The minimum atomic E-state index is 0.140. The van der Waals surface area contributed by atoms with Crippen molar-refractivity contribution < 1.29 is 9.53 Å². The molecule has 0 spiro atoms. The van der Waals surface area contributed by atoms with E-state index < -0.39 is 0 Å². The number of piperidine rings is 1. The highest BCUT2D eigenvalue weighted by Gasteiger charge is 2.22. The molecule has 1 aliphatic rings. The van der Waals surface area contributed by atoms with Crippen molar-refractivity contribution in [3.05, 3.63) is 30.3 Å². The quantitative estimate of drug-likeness (QED) is 0.758. The highest BCUT2D eigenvalue weighted by molar-refractivity contribution is 5.76. The van der Waals surface area contributed by atoms with E-state index in [-0.39, 0.29) is 5.91 Å². The molecule has 2 unspecified atom stereocenters. The van der Waals surface area contributed by atoms with E-state index in [0.717, 1.165) is 18.7 Å². The van der Waals surface area contributed by atoms with E-state index in [9.17, 15) is 4.79 Å². The molecular formula is C17H26N2O2. The van der Waals surface area contributed by atoms with E-state index in [1.807, 2.05) is 30.3 Å². The van der Waals surface area contributed by atoms with Crippen LogP contribution in [0.25, 0.3) is 0 Å². The number of hydrogen-bond donors (Lipinski definition) is 2. The fraction of sp³-hybridized carbons (Fsp3) is 0.588. The van der Waals surface area contributed by atoms with Gasteiger partial charge >= 0.3 is 0 Å². The second-order valence-electron chi connectivity index (χ2n) is 5.75. The third-order valence-corrected chi connectivity index (χ3v) is 3.99. The number of nitrogens with one attached hydrogen (secondary N) is 2. The van der Waals surface area contributed by atoms with Crippen LogP contribution in [0.4, 0.5) is 0 Å². The molecule has 1 amide bonds. The van der Waals surface area contributed by atoms with Crippen molar-refractivity contribution in [2.75, 3.05) is 19.7 Å². The third-order valence-electron chi connectivity index (χ3n) is 3.99. The zero-order valence-corrected chi connectivity index (χ0v) is 12.8. The minimum absolute atomic E-state index is 0.140. The Morgan fingerprint density at radius 1 is 1.38 bits per heavy atom. The van der Waals surface area contributed by atoms with Gasteiger partial charge in [0.15, 0.2) is 0 Å². The fourth-order valence-corrected chi connectivity index (χ4v) is 2.67. The SMILES string of the molecule is CC1CCCNC1CC(=O)NCCCOc1ccccc1. The molecule has 0 radical (unpaired) electrons. The van der Waals surface area contributed by atoms with Gasteiger partial charge in [0.25, 0.3) is 0 Å². The lowest BCUT2D eigenvalue weighted by Crippen LogP contribution is -2.43. The number of carbonyl (C=O) groups is 1. The molecule has 1 saturated heterocycles. The average molecular weight is 290 g/mol. The van der Waals surface area contributed by atoms with Crippen LogP contribution in [0.15, 0.2) is 30.3 Å². The number of para-hydroxylation sites is 1. The maximum atomic E-state index is 11.9. The van der Waals surface area contributed by atoms with Gasteiger partial charge in [-0.1, -0.05) is 25.1 Å². The van der Waals surface area contributed by atoms with Crippen LogP contribution < -0.4 is 15.4 Å². The highest BCUT2D eigenvalue weighted by Crippen LogP contribution is 2.17. The van der Waals surface area contributed by atoms with Crippen molar-refractivity contribution in [3.63, 3.8) is 0 Å². The van der Waals surface area contributed by atoms with Gasteiger partial charge < -0.3 is 15.4 Å². The first-order chi connectivity index (χ1) is 10.3. The van der Waals surface area contributed by atoms with E-state index in [1.165, 1.54) is 12.8 Å². The van der Waals surface area contributed by atoms with E-state index in [2.05, 4.69) is 17.6 Å². The summed E-state index contributed by atoms with van der Waals surface area (Å²) in [5.41, 5.74) is 0. The summed E-state index contributed by atoms with van der Waals surface area (Å²) in [5, 5.41) is 6.42. The van der Waals surface area contributed by atoms with Crippen LogP contribution in [0.5, 0.6) is 5.75 Å². The summed E-state index contributed by atoms with van der Waals surface area (Å²) >= 11 is 0. The Bertz CT molecular complexity index is 422. The van der Waals surface area contributed by atoms with Crippen LogP contribution in [0, 0.1) is 5.92 Å². The van der Waals surface area contributed by atoms with Gasteiger partial charge in [0, 0.05) is 19.0 Å². The summed E-state index contributed by atoms with van der Waals surface area (Å²) in [7, 11) is 0. The predicted molar refractivity (Wildman–Crippen MR) is 84.4 cm³/mol. The molecule has 0 aliphatic carbocycles. The van der Waals surface area contributed by atoms with E-state index in [1.54, 1.807) is 0 Å². The van der Waals surface area contributed by atoms with E-state index >= 15 is 0 Å². The first kappa shape index (κ1) is 15.8. The molecule has 4 heteroatoms. The molecule has 0 aromatic heterocycles. The Balaban J connectivity index is 1.55. The van der Waals surface area contributed by atoms with E-state index in [0.29, 0.717) is 31.5 Å². The molecule has 1 heterocycles. The highest BCUT2D eigenvalue weighted by atomic mass is 16.5. The van der Waals surface area contributed by atoms with Gasteiger partial charge in [-0.15, -0.1) is 0 Å². The van der Waals surface area contributed by atoms with Gasteiger partial charge in [0.1, 0.15) is 5.75 Å². The molecule has 1 aliphatic heterocycles. The minimum Gasteiger partial charge on any atom is -0.494 e. The maximum absolute atomic E-state index is 11.9. The summed E-state index contributed by atoms with van der Waals surface area (Å²) in [6.07, 6.45) is 3.85. The van der Waals surface area contributed by atoms with Gasteiger partial charge in [-0.25, -0.2) is 0 Å². The van der Waals surface area contributed by atoms with Crippen LogP contribution in [0.3, 0.4) is 0 Å². The zero-order chi connectivity index (χ0) is 14.9. The number of hydrogen-bond acceptors (Lipinski definition) is 3. The molecule has 2 N–H and O–H groups in total. The smallest absolute Gasteiger partial charge is 0.221 e. The van der Waals surface area contributed by atoms with Crippen molar-refractivity contribution >= 4 is 5.91 Å². The van der Waals surface area contributed by atoms with Crippen molar-refractivity contribution in [2.24, 2.45) is 5.92 Å². The topological polar surface area (TPSA) is 50.4 Å². The fourth-order valence-electron chi connectivity index (χ4n) is 2.67. The standard InChI is InChI=1S/C17H26N2O2/c1-14-7-5-10-18-16(14)13-17(20)19-11-6-12-21-15-8-3-2-4-9-15/h2-4,8-9,14,16,18H,5-7,10-13H2,1H3,(H,19,20). The Morgan fingerprint density at radius 2 is 2.19 bits per heavy atom. The van der Waals surface area contributed by atoms with Crippen molar-refractivity contribution in [1.29, 1.82) is 0 Å². The van der Waals surface area contributed by atoms with Gasteiger partial charge in [-0.2, -0.15) is 0 Å². The average Bonchev–Trinajstić information content (AvgIpc) is 2.50. The molecule has 2 rings (SSSR count). The van der Waals surface area contributed by atoms with Gasteiger partial charge in [-0.3, -0.25) is 4.79 Å². The molecule has 1 fully saturated rings. The summed E-state index contributed by atoms with van der Waals surface area (Å²) in [6.45, 7) is 4.56. The van der Waals surface area contributed by atoms with Crippen molar-refractivity contribution in [2.45, 2.75) is 38.6 Å². The zero-order valence-electron chi connectivity index (χ0n) is 12.8. The Hall–Kier alpha value is -1.55. The molecular weight excluding hydrogens is 264 g/mol.